The van der Waals surface area contributed by atoms with E-state index in [1.54, 1.807) is 0 Å². The Morgan fingerprint density at radius 1 is 1.31 bits per heavy atom. The molecule has 1 aromatic carbocycles. The topological polar surface area (TPSA) is 26.3 Å². The van der Waals surface area contributed by atoms with Crippen molar-refractivity contribution in [1.29, 1.82) is 0 Å². The van der Waals surface area contributed by atoms with E-state index >= 15 is 0 Å². The largest absolute Gasteiger partial charge is 0.454 e. The lowest BCUT2D eigenvalue weighted by molar-refractivity contribution is 0.171. The molecule has 86 valence electrons. The van der Waals surface area contributed by atoms with E-state index < -0.39 is 5.43 Å². The third-order valence-electron chi connectivity index (χ3n) is 2.29. The molecule has 2 nitrogen and oxygen atoms in total. The van der Waals surface area contributed by atoms with E-state index in [1.807, 2.05) is 18.2 Å². The molecular formula is C13H15ClO2. The Kier molecular flexibility index (Phi) is 5.65. The standard InChI is InChI=1S/C13H15ClO2/c1-2-11-6-8-12(9-7-11)5-3-4-10-16-13(14)15/h2,6-9H,1,3-5,10H2. The molecule has 0 unspecified atom stereocenters. The molecule has 0 aliphatic rings. The van der Waals surface area contributed by atoms with Crippen LogP contribution in [0.15, 0.2) is 30.8 Å². The summed E-state index contributed by atoms with van der Waals surface area (Å²) in [4.78, 5) is 10.3. The van der Waals surface area contributed by atoms with Gasteiger partial charge < -0.3 is 4.74 Å². The lowest BCUT2D eigenvalue weighted by atomic mass is 10.1. The SMILES string of the molecule is C=Cc1ccc(CCCCOC(=O)Cl)cc1. The average Bonchev–Trinajstić information content (AvgIpc) is 2.29. The predicted octanol–water partition coefficient (Wildman–Crippen LogP) is 4.03. The zero-order valence-corrected chi connectivity index (χ0v) is 9.87. The Balaban J connectivity index is 2.21. The van der Waals surface area contributed by atoms with Crippen molar-refractivity contribution >= 4 is 23.1 Å². The number of aryl methyl sites for hydroxylation is 1. The lowest BCUT2D eigenvalue weighted by Crippen LogP contribution is -1.97. The molecule has 0 N–H and O–H groups in total. The van der Waals surface area contributed by atoms with Crippen molar-refractivity contribution in [2.75, 3.05) is 6.61 Å². The van der Waals surface area contributed by atoms with Gasteiger partial charge in [0, 0.05) is 11.6 Å². The molecule has 0 saturated carbocycles. The number of halogens is 1. The Bertz CT molecular complexity index is 343. The van der Waals surface area contributed by atoms with Crippen LogP contribution in [0.5, 0.6) is 0 Å². The minimum Gasteiger partial charge on any atom is -0.454 e. The van der Waals surface area contributed by atoms with Crippen LogP contribution in [0.3, 0.4) is 0 Å². The van der Waals surface area contributed by atoms with Crippen LogP contribution in [-0.2, 0) is 11.2 Å². The first-order chi connectivity index (χ1) is 7.72. The third kappa shape index (κ3) is 4.99. The minimum atomic E-state index is -0.727. The number of carbonyl (C=O) groups is 1. The number of unbranched alkanes of at least 4 members (excludes halogenated alkanes) is 1. The number of hydrogen-bond donors (Lipinski definition) is 0. The smallest absolute Gasteiger partial charge is 0.403 e. The second-order valence-corrected chi connectivity index (χ2v) is 3.80. The average molecular weight is 239 g/mol. The summed E-state index contributed by atoms with van der Waals surface area (Å²) < 4.78 is 4.63. The number of hydrogen-bond acceptors (Lipinski definition) is 2. The van der Waals surface area contributed by atoms with Crippen LogP contribution in [0.4, 0.5) is 4.79 Å². The van der Waals surface area contributed by atoms with E-state index in [4.69, 9.17) is 11.6 Å². The van der Waals surface area contributed by atoms with Crippen LogP contribution in [0, 0.1) is 0 Å². The second kappa shape index (κ2) is 7.07. The Labute approximate surface area is 101 Å². The molecule has 3 heteroatoms. The summed E-state index contributed by atoms with van der Waals surface area (Å²) in [5.74, 6) is 0. The monoisotopic (exact) mass is 238 g/mol. The normalized spacial score (nSPS) is 9.81. The molecule has 16 heavy (non-hydrogen) atoms. The fraction of sp³-hybridized carbons (Fsp3) is 0.308. The van der Waals surface area contributed by atoms with E-state index in [0.29, 0.717) is 6.61 Å². The van der Waals surface area contributed by atoms with Gasteiger partial charge in [0.2, 0.25) is 0 Å². The van der Waals surface area contributed by atoms with Crippen LogP contribution >= 0.6 is 11.6 Å². The van der Waals surface area contributed by atoms with E-state index in [0.717, 1.165) is 24.8 Å². The molecular weight excluding hydrogens is 224 g/mol. The fourth-order valence-electron chi connectivity index (χ4n) is 1.40. The molecule has 0 bridgehead atoms. The predicted molar refractivity (Wildman–Crippen MR) is 66.7 cm³/mol. The van der Waals surface area contributed by atoms with E-state index in [2.05, 4.69) is 23.4 Å². The first-order valence-electron chi connectivity index (χ1n) is 5.26. The van der Waals surface area contributed by atoms with Crippen LogP contribution < -0.4 is 0 Å². The molecule has 0 aliphatic carbocycles. The summed E-state index contributed by atoms with van der Waals surface area (Å²) >= 11 is 5.04. The van der Waals surface area contributed by atoms with Gasteiger partial charge >= 0.3 is 5.43 Å². The highest BCUT2D eigenvalue weighted by molar-refractivity contribution is 6.61. The third-order valence-corrected chi connectivity index (χ3v) is 2.40. The molecule has 0 fully saturated rings. The first-order valence-corrected chi connectivity index (χ1v) is 5.64. The van der Waals surface area contributed by atoms with Crippen molar-refractivity contribution < 1.29 is 9.53 Å². The molecule has 0 aromatic heterocycles. The van der Waals surface area contributed by atoms with Gasteiger partial charge in [-0.2, -0.15) is 0 Å². The van der Waals surface area contributed by atoms with Crippen molar-refractivity contribution in [1.82, 2.24) is 0 Å². The first kappa shape index (κ1) is 12.8. The minimum absolute atomic E-state index is 0.396. The summed E-state index contributed by atoms with van der Waals surface area (Å²) in [6.45, 7) is 4.10. The molecule has 0 heterocycles. The lowest BCUT2D eigenvalue weighted by Gasteiger charge is -2.02. The maximum Gasteiger partial charge on any atom is 0.403 e. The van der Waals surface area contributed by atoms with Crippen molar-refractivity contribution in [2.45, 2.75) is 19.3 Å². The quantitative estimate of drug-likeness (QED) is 0.553. The van der Waals surface area contributed by atoms with Crippen molar-refractivity contribution in [3.63, 3.8) is 0 Å². The van der Waals surface area contributed by atoms with Crippen molar-refractivity contribution in [3.8, 4) is 0 Å². The summed E-state index contributed by atoms with van der Waals surface area (Å²) in [6, 6.07) is 8.26. The Hall–Kier alpha value is -1.28. The molecule has 0 saturated heterocycles. The summed E-state index contributed by atoms with van der Waals surface area (Å²) in [5, 5.41) is 0. The number of benzene rings is 1. The second-order valence-electron chi connectivity index (χ2n) is 3.49. The van der Waals surface area contributed by atoms with Crippen LogP contribution in [0.1, 0.15) is 24.0 Å². The zero-order valence-electron chi connectivity index (χ0n) is 9.12. The van der Waals surface area contributed by atoms with Gasteiger partial charge in [0.1, 0.15) is 0 Å². The van der Waals surface area contributed by atoms with Gasteiger partial charge in [-0.3, -0.25) is 0 Å². The van der Waals surface area contributed by atoms with Crippen molar-refractivity contribution in [3.05, 3.63) is 42.0 Å². The van der Waals surface area contributed by atoms with Gasteiger partial charge in [0.05, 0.1) is 6.61 Å². The highest BCUT2D eigenvalue weighted by atomic mass is 35.5. The molecule has 0 radical (unpaired) electrons. The van der Waals surface area contributed by atoms with E-state index in [1.165, 1.54) is 5.56 Å². The number of ether oxygens (including phenoxy) is 1. The van der Waals surface area contributed by atoms with E-state index in [-0.39, 0.29) is 0 Å². The highest BCUT2D eigenvalue weighted by Gasteiger charge is 1.96. The number of rotatable bonds is 6. The molecule has 1 aromatic rings. The Morgan fingerprint density at radius 2 is 2.00 bits per heavy atom. The maximum absolute atomic E-state index is 10.3. The summed E-state index contributed by atoms with van der Waals surface area (Å²) in [5.41, 5.74) is 1.68. The van der Waals surface area contributed by atoms with Gasteiger partial charge in [0.15, 0.2) is 0 Å². The van der Waals surface area contributed by atoms with Gasteiger partial charge in [-0.25, -0.2) is 4.79 Å². The number of carbonyl (C=O) groups excluding carboxylic acids is 1. The summed E-state index contributed by atoms with van der Waals surface area (Å²) in [7, 11) is 0. The van der Waals surface area contributed by atoms with Crippen LogP contribution in [0.2, 0.25) is 0 Å². The molecule has 0 spiro atoms. The van der Waals surface area contributed by atoms with Crippen molar-refractivity contribution in [2.24, 2.45) is 0 Å². The van der Waals surface area contributed by atoms with Gasteiger partial charge in [-0.1, -0.05) is 36.9 Å². The maximum atomic E-state index is 10.3. The van der Waals surface area contributed by atoms with Gasteiger partial charge in [-0.05, 0) is 30.4 Å². The van der Waals surface area contributed by atoms with Gasteiger partial charge in [-0.15, -0.1) is 0 Å². The summed E-state index contributed by atoms with van der Waals surface area (Å²) in [6.07, 6.45) is 4.63. The van der Waals surface area contributed by atoms with Gasteiger partial charge in [0.25, 0.3) is 0 Å². The highest BCUT2D eigenvalue weighted by Crippen LogP contribution is 2.08. The van der Waals surface area contributed by atoms with Crippen LogP contribution in [0.25, 0.3) is 6.08 Å². The molecule has 0 amide bonds. The fourth-order valence-corrected chi connectivity index (χ4v) is 1.48. The molecule has 0 aliphatic heterocycles. The molecule has 0 atom stereocenters. The Morgan fingerprint density at radius 3 is 2.56 bits per heavy atom. The van der Waals surface area contributed by atoms with E-state index in [9.17, 15) is 4.79 Å². The molecule has 1 rings (SSSR count). The zero-order chi connectivity index (χ0) is 11.8. The van der Waals surface area contributed by atoms with Crippen LogP contribution in [-0.4, -0.2) is 12.0 Å².